The van der Waals surface area contributed by atoms with Crippen LogP contribution in [0.4, 0.5) is 0 Å². The van der Waals surface area contributed by atoms with Gasteiger partial charge in [0, 0.05) is 11.0 Å². The van der Waals surface area contributed by atoms with Crippen molar-refractivity contribution < 1.29 is 23.2 Å². The van der Waals surface area contributed by atoms with Gasteiger partial charge in [-0.05, 0) is 36.9 Å². The third-order valence-corrected chi connectivity index (χ3v) is 7.73. The van der Waals surface area contributed by atoms with Crippen LogP contribution in [0.5, 0.6) is 0 Å². The molecule has 0 aliphatic carbocycles. The van der Waals surface area contributed by atoms with E-state index in [0.717, 1.165) is 5.88 Å². The first-order chi connectivity index (χ1) is 13.4. The van der Waals surface area contributed by atoms with Gasteiger partial charge in [-0.15, -0.1) is 11.8 Å². The third kappa shape index (κ3) is 3.71. The third-order valence-electron chi connectivity index (χ3n) is 4.22. The van der Waals surface area contributed by atoms with E-state index in [4.69, 9.17) is 19.3 Å². The number of amides is 1. The van der Waals surface area contributed by atoms with Gasteiger partial charge in [-0.25, -0.2) is 14.0 Å². The van der Waals surface area contributed by atoms with E-state index >= 15 is 0 Å². The van der Waals surface area contributed by atoms with Crippen molar-refractivity contribution in [1.29, 1.82) is 0 Å². The molecule has 3 atom stereocenters. The summed E-state index contributed by atoms with van der Waals surface area (Å²) in [5.74, 6) is -0.0292. The number of β-lactam (4-membered cyclic amide) rings is 1. The normalized spacial score (nSPS) is 26.1. The van der Waals surface area contributed by atoms with E-state index < -0.39 is 17.8 Å². The van der Waals surface area contributed by atoms with E-state index in [1.165, 1.54) is 23.8 Å². The van der Waals surface area contributed by atoms with Gasteiger partial charge in [0.1, 0.15) is 23.5 Å². The summed E-state index contributed by atoms with van der Waals surface area (Å²) in [5.41, 5.74) is 6.07. The lowest BCUT2D eigenvalue weighted by molar-refractivity contribution is -0.151. The molecular formula is C15H16N4O6S3. The number of hydrogen-bond acceptors (Lipinski definition) is 12. The second-order valence-electron chi connectivity index (χ2n) is 6.05. The predicted octanol–water partition coefficient (Wildman–Crippen LogP) is 0.677. The Labute approximate surface area is 172 Å². The Morgan fingerprint density at radius 2 is 2.29 bits per heavy atom. The highest BCUT2D eigenvalue weighted by molar-refractivity contribution is 8.04. The van der Waals surface area contributed by atoms with Crippen molar-refractivity contribution >= 4 is 53.9 Å². The molecule has 10 nitrogen and oxygen atoms in total. The molecule has 28 heavy (non-hydrogen) atoms. The highest BCUT2D eigenvalue weighted by Gasteiger charge is 2.52. The fourth-order valence-corrected chi connectivity index (χ4v) is 5.94. The maximum atomic E-state index is 12.6. The number of carbonyl (C=O) groups is 2. The topological polar surface area (TPSA) is 132 Å². The SMILES string of the molecule is Cc1oc(=O)oc1COC(=O)C1=CC(CSN2C=NSC2)S[C@@H]2C(N)C(=O)N12. The Kier molecular flexibility index (Phi) is 5.49. The molecule has 1 aromatic heterocycles. The second kappa shape index (κ2) is 7.89. The van der Waals surface area contributed by atoms with Crippen LogP contribution in [-0.4, -0.2) is 55.7 Å². The van der Waals surface area contributed by atoms with Gasteiger partial charge in [-0.2, -0.15) is 0 Å². The fourth-order valence-electron chi connectivity index (χ4n) is 2.78. The van der Waals surface area contributed by atoms with Crippen molar-refractivity contribution in [3.63, 3.8) is 0 Å². The zero-order valence-corrected chi connectivity index (χ0v) is 17.1. The molecule has 4 heterocycles. The fraction of sp³-hybridized carbons (Fsp3) is 0.467. The number of carbonyl (C=O) groups excluding carboxylic acids is 2. The molecule has 1 amide bonds. The quantitative estimate of drug-likeness (QED) is 0.377. The lowest BCUT2D eigenvalue weighted by Gasteiger charge is -2.48. The van der Waals surface area contributed by atoms with Crippen LogP contribution in [0.15, 0.2) is 29.8 Å². The average molecular weight is 445 g/mol. The Hall–Kier alpha value is -1.83. The first kappa shape index (κ1) is 19.5. The van der Waals surface area contributed by atoms with E-state index in [0.29, 0.717) is 5.75 Å². The van der Waals surface area contributed by atoms with E-state index in [9.17, 15) is 14.4 Å². The number of ether oxygens (including phenoxy) is 1. The molecule has 0 radical (unpaired) electrons. The summed E-state index contributed by atoms with van der Waals surface area (Å²) in [6.45, 7) is 1.27. The van der Waals surface area contributed by atoms with Crippen molar-refractivity contribution in [2.24, 2.45) is 10.1 Å². The minimum Gasteiger partial charge on any atom is -0.453 e. The maximum absolute atomic E-state index is 12.6. The summed E-state index contributed by atoms with van der Waals surface area (Å²) in [6.07, 6.45) is 3.48. The van der Waals surface area contributed by atoms with Gasteiger partial charge in [-0.3, -0.25) is 14.0 Å². The van der Waals surface area contributed by atoms with Crippen molar-refractivity contribution in [3.05, 3.63) is 33.9 Å². The maximum Gasteiger partial charge on any atom is 0.519 e. The number of fused-ring (bicyclic) bond motifs is 1. The van der Waals surface area contributed by atoms with E-state index in [1.807, 2.05) is 4.31 Å². The second-order valence-corrected chi connectivity index (χ2v) is 9.20. The summed E-state index contributed by atoms with van der Waals surface area (Å²) in [6, 6.07) is -0.646. The summed E-state index contributed by atoms with van der Waals surface area (Å²) >= 11 is 4.59. The molecule has 3 aliphatic heterocycles. The lowest BCUT2D eigenvalue weighted by Crippen LogP contribution is -2.68. The van der Waals surface area contributed by atoms with Gasteiger partial charge in [0.05, 0.1) is 5.88 Å². The number of esters is 1. The van der Waals surface area contributed by atoms with Gasteiger partial charge < -0.3 is 19.3 Å². The van der Waals surface area contributed by atoms with Gasteiger partial charge in [0.15, 0.2) is 18.1 Å². The van der Waals surface area contributed by atoms with Crippen molar-refractivity contribution in [1.82, 2.24) is 9.21 Å². The summed E-state index contributed by atoms with van der Waals surface area (Å²) in [4.78, 5) is 37.2. The molecule has 3 aliphatic rings. The molecule has 1 aromatic rings. The molecule has 4 rings (SSSR count). The van der Waals surface area contributed by atoms with E-state index in [1.54, 1.807) is 36.1 Å². The molecule has 0 aromatic carbocycles. The number of thioether (sulfide) groups is 1. The highest BCUT2D eigenvalue weighted by atomic mass is 32.2. The van der Waals surface area contributed by atoms with Gasteiger partial charge >= 0.3 is 11.8 Å². The molecule has 0 spiro atoms. The molecule has 0 saturated carbocycles. The van der Waals surface area contributed by atoms with Crippen LogP contribution < -0.4 is 11.6 Å². The van der Waals surface area contributed by atoms with E-state index in [-0.39, 0.29) is 40.4 Å². The average Bonchev–Trinajstić information content (AvgIpc) is 3.32. The van der Waals surface area contributed by atoms with Crippen molar-refractivity contribution in [2.45, 2.75) is 30.2 Å². The van der Waals surface area contributed by atoms with Gasteiger partial charge in [-0.1, -0.05) is 0 Å². The number of nitrogens with two attached hydrogens (primary N) is 1. The summed E-state index contributed by atoms with van der Waals surface area (Å²) in [5, 5.41) is -0.332. The van der Waals surface area contributed by atoms with Crippen LogP contribution in [0.25, 0.3) is 0 Å². The molecule has 13 heteroatoms. The minimum absolute atomic E-state index is 0.0273. The Morgan fingerprint density at radius 3 is 2.96 bits per heavy atom. The number of hydrogen-bond donors (Lipinski definition) is 1. The van der Waals surface area contributed by atoms with Crippen molar-refractivity contribution in [3.8, 4) is 0 Å². The molecule has 1 fully saturated rings. The smallest absolute Gasteiger partial charge is 0.453 e. The van der Waals surface area contributed by atoms with Crippen LogP contribution in [0, 0.1) is 6.92 Å². The zero-order chi connectivity index (χ0) is 19.8. The largest absolute Gasteiger partial charge is 0.519 e. The number of aryl methyl sites for hydroxylation is 1. The monoisotopic (exact) mass is 444 g/mol. The van der Waals surface area contributed by atoms with Crippen LogP contribution in [0.2, 0.25) is 0 Å². The molecule has 0 bridgehead atoms. The first-order valence-electron chi connectivity index (χ1n) is 8.21. The minimum atomic E-state index is -0.860. The van der Waals surface area contributed by atoms with Crippen LogP contribution in [0.1, 0.15) is 11.5 Å². The standard InChI is InChI=1S/C15H16N4O6S3/c1-7-10(25-15(22)24-7)3-23-14(21)9-2-8(4-27-18-5-17-26-6-18)28-13-11(16)12(20)19(9)13/h2,5,8,11,13H,3-4,6,16H2,1H3/t8?,11?,13-/m1/s1. The first-order valence-corrected chi connectivity index (χ1v) is 11.0. The van der Waals surface area contributed by atoms with Crippen molar-refractivity contribution in [2.75, 3.05) is 11.6 Å². The number of rotatable bonds is 6. The summed E-state index contributed by atoms with van der Waals surface area (Å²) < 4.78 is 20.9. The Morgan fingerprint density at radius 1 is 1.46 bits per heavy atom. The molecule has 2 unspecified atom stereocenters. The Bertz CT molecular complexity index is 912. The highest BCUT2D eigenvalue weighted by Crippen LogP contribution is 2.41. The molecule has 150 valence electrons. The molecule has 1 saturated heterocycles. The van der Waals surface area contributed by atoms with Crippen LogP contribution >= 0.6 is 35.7 Å². The Balaban J connectivity index is 1.45. The van der Waals surface area contributed by atoms with E-state index in [2.05, 4.69) is 4.40 Å². The van der Waals surface area contributed by atoms with Gasteiger partial charge in [0.2, 0.25) is 5.91 Å². The predicted molar refractivity (Wildman–Crippen MR) is 105 cm³/mol. The zero-order valence-electron chi connectivity index (χ0n) is 14.6. The molecule has 2 N–H and O–H groups in total. The lowest BCUT2D eigenvalue weighted by atomic mass is 10.1. The molecular weight excluding hydrogens is 428 g/mol. The van der Waals surface area contributed by atoms with Gasteiger partial charge in [0.25, 0.3) is 0 Å². The number of nitrogens with zero attached hydrogens (tertiary/aromatic N) is 3. The van der Waals surface area contributed by atoms with Crippen LogP contribution in [0.3, 0.4) is 0 Å². The summed E-state index contributed by atoms with van der Waals surface area (Å²) in [7, 11) is 0. The van der Waals surface area contributed by atoms with Crippen LogP contribution in [-0.2, 0) is 20.9 Å².